The van der Waals surface area contributed by atoms with E-state index in [2.05, 4.69) is 5.32 Å². The van der Waals surface area contributed by atoms with Crippen molar-refractivity contribution in [2.75, 3.05) is 18.2 Å². The topological polar surface area (TPSA) is 86.7 Å². The average Bonchev–Trinajstić information content (AvgIpc) is 2.77. The Labute approximate surface area is 110 Å². The molecule has 0 aliphatic carbocycles. The highest BCUT2D eigenvalue weighted by Crippen LogP contribution is 2.22. The maximum atomic E-state index is 11.8. The third-order valence-corrected chi connectivity index (χ3v) is 3.62. The molecule has 18 heavy (non-hydrogen) atoms. The number of carbonyl (C=O) groups excluding carboxylic acids is 2. The number of aliphatic carboxylic acids is 1. The fourth-order valence-corrected chi connectivity index (χ4v) is 2.85. The second-order valence-electron chi connectivity index (χ2n) is 4.06. The van der Waals surface area contributed by atoms with Crippen molar-refractivity contribution in [3.63, 3.8) is 0 Å². The average molecular weight is 274 g/mol. The number of thioether (sulfide) groups is 1. The Morgan fingerprint density at radius 2 is 2.11 bits per heavy atom. The zero-order chi connectivity index (χ0) is 13.5. The van der Waals surface area contributed by atoms with Crippen molar-refractivity contribution in [3.05, 3.63) is 0 Å². The molecule has 1 aliphatic heterocycles. The Kier molecular flexibility index (Phi) is 5.97. The van der Waals surface area contributed by atoms with Crippen molar-refractivity contribution in [1.82, 2.24) is 10.2 Å². The molecule has 0 saturated carbocycles. The van der Waals surface area contributed by atoms with Crippen LogP contribution in [0.1, 0.15) is 26.2 Å². The molecule has 2 amide bonds. The molecule has 6 nitrogen and oxygen atoms in total. The summed E-state index contributed by atoms with van der Waals surface area (Å²) in [7, 11) is 0. The van der Waals surface area contributed by atoms with Crippen LogP contribution in [0.4, 0.5) is 0 Å². The number of hydrogen-bond donors (Lipinski definition) is 2. The van der Waals surface area contributed by atoms with Crippen molar-refractivity contribution in [1.29, 1.82) is 0 Å². The molecule has 1 heterocycles. The Hall–Kier alpha value is -1.24. The first kappa shape index (κ1) is 14.8. The summed E-state index contributed by atoms with van der Waals surface area (Å²) in [6.07, 6.45) is 1.10. The summed E-state index contributed by atoms with van der Waals surface area (Å²) in [5, 5.41) is 11.0. The number of amides is 2. The number of nitrogens with zero attached hydrogens (tertiary/aromatic N) is 1. The van der Waals surface area contributed by atoms with Gasteiger partial charge < -0.3 is 15.3 Å². The van der Waals surface area contributed by atoms with Crippen LogP contribution >= 0.6 is 11.8 Å². The molecule has 1 atom stereocenters. The molecule has 2 N–H and O–H groups in total. The molecule has 0 spiro atoms. The summed E-state index contributed by atoms with van der Waals surface area (Å²) >= 11 is 1.54. The lowest BCUT2D eigenvalue weighted by molar-refractivity contribution is -0.139. The number of carbonyl (C=O) groups is 3. The third-order valence-electron chi connectivity index (χ3n) is 2.61. The fourth-order valence-electron chi connectivity index (χ4n) is 1.67. The summed E-state index contributed by atoms with van der Waals surface area (Å²) in [4.78, 5) is 35.5. The van der Waals surface area contributed by atoms with Gasteiger partial charge in [-0.15, -0.1) is 11.8 Å². The van der Waals surface area contributed by atoms with Crippen LogP contribution in [0.5, 0.6) is 0 Å². The van der Waals surface area contributed by atoms with E-state index in [0.717, 1.165) is 6.42 Å². The molecule has 102 valence electrons. The Morgan fingerprint density at radius 1 is 1.39 bits per heavy atom. The largest absolute Gasteiger partial charge is 0.481 e. The molecule has 7 heteroatoms. The van der Waals surface area contributed by atoms with Gasteiger partial charge in [0, 0.05) is 18.7 Å². The summed E-state index contributed by atoms with van der Waals surface area (Å²) < 4.78 is 0. The first-order chi connectivity index (χ1) is 8.56. The van der Waals surface area contributed by atoms with Crippen LogP contribution < -0.4 is 5.32 Å². The standard InChI is InChI=1S/C11H18N2O4S/c1-2-3-9(14)13-7-18-6-8(13)11(17)12-5-4-10(15)16/h8H,2-7H2,1H3,(H,12,17)(H,15,16). The smallest absolute Gasteiger partial charge is 0.305 e. The quantitative estimate of drug-likeness (QED) is 0.726. The summed E-state index contributed by atoms with van der Waals surface area (Å²) in [6.45, 7) is 2.02. The van der Waals surface area contributed by atoms with Crippen LogP contribution in [-0.4, -0.2) is 52.0 Å². The van der Waals surface area contributed by atoms with Gasteiger partial charge in [-0.2, -0.15) is 0 Å². The summed E-state index contributed by atoms with van der Waals surface area (Å²) in [5.41, 5.74) is 0. The Bertz CT molecular complexity index is 335. The zero-order valence-corrected chi connectivity index (χ0v) is 11.2. The van der Waals surface area contributed by atoms with E-state index in [1.165, 1.54) is 0 Å². The van der Waals surface area contributed by atoms with E-state index in [4.69, 9.17) is 5.11 Å². The predicted octanol–water partition coefficient (Wildman–Crippen LogP) is 0.279. The van der Waals surface area contributed by atoms with E-state index < -0.39 is 12.0 Å². The fraction of sp³-hybridized carbons (Fsp3) is 0.727. The minimum atomic E-state index is -0.949. The molecule has 1 saturated heterocycles. The molecule has 0 aromatic carbocycles. The van der Waals surface area contributed by atoms with Crippen LogP contribution in [0.25, 0.3) is 0 Å². The number of rotatable bonds is 6. The lowest BCUT2D eigenvalue weighted by atomic mass is 10.2. The van der Waals surface area contributed by atoms with Crippen LogP contribution in [0.15, 0.2) is 0 Å². The van der Waals surface area contributed by atoms with E-state index >= 15 is 0 Å². The Morgan fingerprint density at radius 3 is 2.72 bits per heavy atom. The number of nitrogens with one attached hydrogen (secondary N) is 1. The molecule has 1 unspecified atom stereocenters. The van der Waals surface area contributed by atoms with Crippen molar-refractivity contribution < 1.29 is 19.5 Å². The lowest BCUT2D eigenvalue weighted by Crippen LogP contribution is -2.47. The highest BCUT2D eigenvalue weighted by molar-refractivity contribution is 7.99. The third kappa shape index (κ3) is 4.21. The van der Waals surface area contributed by atoms with Crippen LogP contribution in [-0.2, 0) is 14.4 Å². The number of carboxylic acid groups (broad SMARTS) is 1. The normalized spacial score (nSPS) is 18.7. The monoisotopic (exact) mass is 274 g/mol. The maximum absolute atomic E-state index is 11.8. The molecule has 0 radical (unpaired) electrons. The van der Waals surface area contributed by atoms with Crippen molar-refractivity contribution >= 4 is 29.5 Å². The van der Waals surface area contributed by atoms with Crippen molar-refractivity contribution in [2.24, 2.45) is 0 Å². The van der Waals surface area contributed by atoms with Gasteiger partial charge in [-0.3, -0.25) is 14.4 Å². The van der Waals surface area contributed by atoms with E-state index in [1.807, 2.05) is 6.92 Å². The molecule has 0 aromatic rings. The predicted molar refractivity (Wildman–Crippen MR) is 68.1 cm³/mol. The van der Waals surface area contributed by atoms with Crippen LogP contribution in [0, 0.1) is 0 Å². The van der Waals surface area contributed by atoms with Crippen molar-refractivity contribution in [2.45, 2.75) is 32.2 Å². The Balaban J connectivity index is 2.45. The molecular weight excluding hydrogens is 256 g/mol. The lowest BCUT2D eigenvalue weighted by Gasteiger charge is -2.22. The van der Waals surface area contributed by atoms with E-state index in [9.17, 15) is 14.4 Å². The van der Waals surface area contributed by atoms with Gasteiger partial charge in [0.2, 0.25) is 11.8 Å². The van der Waals surface area contributed by atoms with Gasteiger partial charge in [0.05, 0.1) is 12.3 Å². The highest BCUT2D eigenvalue weighted by Gasteiger charge is 2.33. The van der Waals surface area contributed by atoms with Gasteiger partial charge in [0.25, 0.3) is 0 Å². The van der Waals surface area contributed by atoms with E-state index in [1.54, 1.807) is 16.7 Å². The molecule has 1 fully saturated rings. The maximum Gasteiger partial charge on any atom is 0.305 e. The van der Waals surface area contributed by atoms with Crippen molar-refractivity contribution in [3.8, 4) is 0 Å². The highest BCUT2D eigenvalue weighted by atomic mass is 32.2. The molecule has 0 bridgehead atoms. The summed E-state index contributed by atoms with van der Waals surface area (Å²) in [5.74, 6) is -0.105. The molecular formula is C11H18N2O4S. The molecule has 0 aromatic heterocycles. The second-order valence-corrected chi connectivity index (χ2v) is 5.06. The van der Waals surface area contributed by atoms with E-state index in [0.29, 0.717) is 18.1 Å². The minimum Gasteiger partial charge on any atom is -0.481 e. The zero-order valence-electron chi connectivity index (χ0n) is 10.3. The first-order valence-corrected chi connectivity index (χ1v) is 7.08. The van der Waals surface area contributed by atoms with Crippen LogP contribution in [0.3, 0.4) is 0 Å². The SMILES string of the molecule is CCCC(=O)N1CSCC1C(=O)NCCC(=O)O. The van der Waals surface area contributed by atoms with Gasteiger partial charge in [0.15, 0.2) is 0 Å². The van der Waals surface area contributed by atoms with Gasteiger partial charge >= 0.3 is 5.97 Å². The first-order valence-electron chi connectivity index (χ1n) is 5.93. The summed E-state index contributed by atoms with van der Waals surface area (Å²) in [6, 6.07) is -0.456. The molecule has 1 rings (SSSR count). The molecule has 1 aliphatic rings. The number of hydrogen-bond acceptors (Lipinski definition) is 4. The van der Waals surface area contributed by atoms with Gasteiger partial charge in [-0.1, -0.05) is 6.92 Å². The van der Waals surface area contributed by atoms with Crippen LogP contribution in [0.2, 0.25) is 0 Å². The van der Waals surface area contributed by atoms with Gasteiger partial charge in [-0.25, -0.2) is 0 Å². The minimum absolute atomic E-state index is 0.0131. The van der Waals surface area contributed by atoms with Gasteiger partial charge in [-0.05, 0) is 6.42 Å². The van der Waals surface area contributed by atoms with E-state index in [-0.39, 0.29) is 24.8 Å². The second kappa shape index (κ2) is 7.25. The van der Waals surface area contributed by atoms with Gasteiger partial charge in [0.1, 0.15) is 6.04 Å². The number of carboxylic acids is 1.